The van der Waals surface area contributed by atoms with Crippen LogP contribution in [0.1, 0.15) is 0 Å². The minimum Gasteiger partial charge on any atom is -0.468 e. The van der Waals surface area contributed by atoms with E-state index in [0.29, 0.717) is 0 Å². The molecule has 0 aliphatic carbocycles. The molecule has 60 valence electrons. The maximum atomic E-state index is 10.6. The first-order chi connectivity index (χ1) is 5.22. The van der Waals surface area contributed by atoms with E-state index in [1.807, 2.05) is 0 Å². The van der Waals surface area contributed by atoms with Crippen LogP contribution in [0, 0.1) is 0 Å². The number of methoxy groups -OCH3 is 1. The lowest BCUT2D eigenvalue weighted by Crippen LogP contribution is -2.14. The van der Waals surface area contributed by atoms with Crippen molar-refractivity contribution < 1.29 is 9.53 Å². The molecule has 0 radical (unpaired) electrons. The van der Waals surface area contributed by atoms with E-state index in [2.05, 4.69) is 20.1 Å². The highest BCUT2D eigenvalue weighted by Gasteiger charge is 2.04. The number of esters is 1. The van der Waals surface area contributed by atoms with E-state index in [-0.39, 0.29) is 12.5 Å². The summed E-state index contributed by atoms with van der Waals surface area (Å²) in [6.07, 6.45) is 0. The topological polar surface area (TPSA) is 95.9 Å². The molecule has 0 aliphatic heterocycles. The lowest BCUT2D eigenvalue weighted by molar-refractivity contribution is -0.141. The Morgan fingerprint density at radius 1 is 1.82 bits per heavy atom. The van der Waals surface area contributed by atoms with Crippen LogP contribution in [0.15, 0.2) is 0 Å². The van der Waals surface area contributed by atoms with Crippen LogP contribution in [0.25, 0.3) is 0 Å². The van der Waals surface area contributed by atoms with Gasteiger partial charge >= 0.3 is 5.97 Å². The fraction of sp³-hybridized carbons (Fsp3) is 0.500. The summed E-state index contributed by atoms with van der Waals surface area (Å²) >= 11 is 0. The quantitative estimate of drug-likeness (QED) is 0.521. The first-order valence-corrected chi connectivity index (χ1v) is 2.82. The van der Waals surface area contributed by atoms with Crippen LogP contribution < -0.4 is 5.73 Å². The molecule has 0 atom stereocenters. The van der Waals surface area contributed by atoms with Crippen molar-refractivity contribution in [1.82, 2.24) is 20.2 Å². The summed E-state index contributed by atoms with van der Waals surface area (Å²) in [4.78, 5) is 11.7. The van der Waals surface area contributed by atoms with Crippen molar-refractivity contribution in [3.05, 3.63) is 0 Å². The third kappa shape index (κ3) is 1.88. The van der Waals surface area contributed by atoms with Gasteiger partial charge in [-0.3, -0.25) is 0 Å². The highest BCUT2D eigenvalue weighted by molar-refractivity contribution is 5.68. The van der Waals surface area contributed by atoms with E-state index < -0.39 is 5.97 Å². The molecule has 0 saturated carbocycles. The number of carbonyl (C=O) groups excluding carboxylic acids is 1. The molecule has 0 fully saturated rings. The molecule has 1 aromatic rings. The predicted octanol–water partition coefficient (Wildman–Crippen LogP) is -1.57. The van der Waals surface area contributed by atoms with Crippen molar-refractivity contribution in [3.8, 4) is 0 Å². The smallest absolute Gasteiger partial charge is 0.329 e. The molecular formula is C4H7N5O2. The molecule has 7 heteroatoms. The summed E-state index contributed by atoms with van der Waals surface area (Å²) in [5.74, 6) is -0.406. The van der Waals surface area contributed by atoms with Crippen molar-refractivity contribution in [2.24, 2.45) is 0 Å². The monoisotopic (exact) mass is 157 g/mol. The standard InChI is InChI=1S/C4H7N5O2/c1-11-3(10)2-9-7-4(5)6-8-9/h2H2,1H3,(H2,5,7). The van der Waals surface area contributed by atoms with Crippen molar-refractivity contribution >= 4 is 11.9 Å². The first kappa shape index (κ1) is 7.45. The molecule has 2 N–H and O–H groups in total. The van der Waals surface area contributed by atoms with Gasteiger partial charge < -0.3 is 10.5 Å². The van der Waals surface area contributed by atoms with E-state index in [9.17, 15) is 4.79 Å². The summed E-state index contributed by atoms with van der Waals surface area (Å²) in [7, 11) is 1.28. The Kier molecular flexibility index (Phi) is 2.00. The van der Waals surface area contributed by atoms with Crippen LogP contribution in [0.2, 0.25) is 0 Å². The van der Waals surface area contributed by atoms with Crippen LogP contribution in [-0.2, 0) is 16.1 Å². The lowest BCUT2D eigenvalue weighted by atomic mass is 10.7. The number of nitrogens with zero attached hydrogens (tertiary/aromatic N) is 4. The van der Waals surface area contributed by atoms with E-state index in [0.717, 1.165) is 4.80 Å². The minimum absolute atomic E-state index is 0.0360. The van der Waals surface area contributed by atoms with Gasteiger partial charge in [0.25, 0.3) is 5.95 Å². The van der Waals surface area contributed by atoms with Gasteiger partial charge in [-0.25, -0.2) is 4.79 Å². The minimum atomic E-state index is -0.442. The Hall–Kier alpha value is -1.66. The number of anilines is 1. The number of tetrazole rings is 1. The molecule has 1 rings (SSSR count). The highest BCUT2D eigenvalue weighted by Crippen LogP contribution is 1.85. The Morgan fingerprint density at radius 2 is 2.55 bits per heavy atom. The molecule has 0 spiro atoms. The Balaban J connectivity index is 2.57. The summed E-state index contributed by atoms with van der Waals surface area (Å²) < 4.78 is 4.36. The number of ether oxygens (including phenoxy) is 1. The van der Waals surface area contributed by atoms with Gasteiger partial charge in [-0.15, -0.1) is 5.10 Å². The van der Waals surface area contributed by atoms with Crippen LogP contribution >= 0.6 is 0 Å². The van der Waals surface area contributed by atoms with Gasteiger partial charge in [-0.05, 0) is 5.21 Å². The predicted molar refractivity (Wildman–Crippen MR) is 34.2 cm³/mol. The second-order valence-corrected chi connectivity index (χ2v) is 1.75. The summed E-state index contributed by atoms with van der Waals surface area (Å²) in [5.41, 5.74) is 5.14. The third-order valence-corrected chi connectivity index (χ3v) is 0.967. The number of rotatable bonds is 2. The number of carbonyl (C=O) groups is 1. The second kappa shape index (κ2) is 2.95. The molecule has 1 heterocycles. The van der Waals surface area contributed by atoms with E-state index in [4.69, 9.17) is 5.73 Å². The lowest BCUT2D eigenvalue weighted by Gasteiger charge is -1.94. The third-order valence-electron chi connectivity index (χ3n) is 0.967. The summed E-state index contributed by atoms with van der Waals surface area (Å²) in [6.45, 7) is -0.0688. The SMILES string of the molecule is COC(=O)Cn1nnc(N)n1. The molecular weight excluding hydrogens is 150 g/mol. The van der Waals surface area contributed by atoms with Crippen molar-refractivity contribution in [1.29, 1.82) is 0 Å². The molecule has 1 aromatic heterocycles. The van der Waals surface area contributed by atoms with Gasteiger partial charge in [0.05, 0.1) is 7.11 Å². The molecule has 0 saturated heterocycles. The zero-order chi connectivity index (χ0) is 8.27. The molecule has 0 unspecified atom stereocenters. The fourth-order valence-electron chi connectivity index (χ4n) is 0.503. The van der Waals surface area contributed by atoms with Gasteiger partial charge in [-0.2, -0.15) is 4.80 Å². The zero-order valence-corrected chi connectivity index (χ0v) is 5.89. The van der Waals surface area contributed by atoms with Crippen molar-refractivity contribution in [2.75, 3.05) is 12.8 Å². The number of hydrogen-bond acceptors (Lipinski definition) is 6. The van der Waals surface area contributed by atoms with Gasteiger partial charge in [0.2, 0.25) is 0 Å². The number of nitrogens with two attached hydrogens (primary N) is 1. The number of aromatic nitrogens is 4. The Morgan fingerprint density at radius 3 is 3.00 bits per heavy atom. The van der Waals surface area contributed by atoms with Crippen molar-refractivity contribution in [3.63, 3.8) is 0 Å². The molecule has 0 aromatic carbocycles. The van der Waals surface area contributed by atoms with Crippen LogP contribution in [0.5, 0.6) is 0 Å². The molecule has 0 amide bonds. The zero-order valence-electron chi connectivity index (χ0n) is 5.89. The van der Waals surface area contributed by atoms with Crippen LogP contribution in [0.4, 0.5) is 5.95 Å². The molecule has 11 heavy (non-hydrogen) atoms. The second-order valence-electron chi connectivity index (χ2n) is 1.75. The molecule has 0 aliphatic rings. The fourth-order valence-corrected chi connectivity index (χ4v) is 0.503. The molecule has 0 bridgehead atoms. The van der Waals surface area contributed by atoms with Gasteiger partial charge in [0.1, 0.15) is 0 Å². The van der Waals surface area contributed by atoms with Gasteiger partial charge in [-0.1, -0.05) is 5.10 Å². The van der Waals surface area contributed by atoms with Gasteiger partial charge in [0.15, 0.2) is 6.54 Å². The largest absolute Gasteiger partial charge is 0.468 e. The Labute approximate surface area is 62.1 Å². The Bertz CT molecular complexity index is 257. The number of nitrogen functional groups attached to an aromatic ring is 1. The van der Waals surface area contributed by atoms with Crippen LogP contribution in [-0.4, -0.2) is 33.3 Å². The van der Waals surface area contributed by atoms with Crippen molar-refractivity contribution in [2.45, 2.75) is 6.54 Å². The summed E-state index contributed by atoms with van der Waals surface area (Å²) in [6, 6.07) is 0. The van der Waals surface area contributed by atoms with Gasteiger partial charge in [0, 0.05) is 0 Å². The first-order valence-electron chi connectivity index (χ1n) is 2.82. The average molecular weight is 157 g/mol. The van der Waals surface area contributed by atoms with E-state index in [1.165, 1.54) is 7.11 Å². The highest BCUT2D eigenvalue weighted by atomic mass is 16.5. The van der Waals surface area contributed by atoms with E-state index in [1.54, 1.807) is 0 Å². The maximum Gasteiger partial charge on any atom is 0.329 e. The normalized spacial score (nSPS) is 9.55. The summed E-state index contributed by atoms with van der Waals surface area (Å²) in [5, 5.41) is 10.4. The molecule has 7 nitrogen and oxygen atoms in total. The maximum absolute atomic E-state index is 10.6. The number of hydrogen-bond donors (Lipinski definition) is 1. The average Bonchev–Trinajstić information content (AvgIpc) is 2.35. The van der Waals surface area contributed by atoms with Crippen LogP contribution in [0.3, 0.4) is 0 Å². The van der Waals surface area contributed by atoms with E-state index >= 15 is 0 Å².